The van der Waals surface area contributed by atoms with Crippen LogP contribution in [0.3, 0.4) is 0 Å². The summed E-state index contributed by atoms with van der Waals surface area (Å²) in [6.45, 7) is 0. The fourth-order valence-corrected chi connectivity index (χ4v) is 2.84. The van der Waals surface area contributed by atoms with Crippen LogP contribution in [0.15, 0.2) is 34.8 Å². The van der Waals surface area contributed by atoms with Crippen molar-refractivity contribution in [2.24, 2.45) is 0 Å². The predicted octanol–water partition coefficient (Wildman–Crippen LogP) is 3.90. The number of benzene rings is 2. The number of ether oxygens (including phenoxy) is 1. The van der Waals surface area contributed by atoms with Crippen LogP contribution in [0.4, 0.5) is 0 Å². The minimum atomic E-state index is 0.587. The van der Waals surface area contributed by atoms with Crippen molar-refractivity contribution >= 4 is 44.0 Å². The van der Waals surface area contributed by atoms with Gasteiger partial charge in [0, 0.05) is 26.3 Å². The number of fused-ring (bicyclic) bond motifs is 3. The van der Waals surface area contributed by atoms with E-state index in [1.807, 2.05) is 24.3 Å². The summed E-state index contributed by atoms with van der Waals surface area (Å²) in [7, 11) is 1.60. The van der Waals surface area contributed by atoms with Gasteiger partial charge in [0.25, 0.3) is 0 Å². The molecule has 0 atom stereocenters. The zero-order chi connectivity index (χ0) is 12.7. The number of carbonyl (C=O) groups excluding carboxylic acids is 1. The molecule has 0 fully saturated rings. The van der Waals surface area contributed by atoms with E-state index in [4.69, 9.17) is 4.74 Å². The molecule has 1 N–H and O–H groups in total. The molecule has 4 heteroatoms. The van der Waals surface area contributed by atoms with Gasteiger partial charge in [-0.2, -0.15) is 0 Å². The number of para-hydroxylation sites is 1. The van der Waals surface area contributed by atoms with Gasteiger partial charge in [-0.25, -0.2) is 0 Å². The molecule has 0 aliphatic rings. The van der Waals surface area contributed by atoms with Crippen LogP contribution < -0.4 is 4.74 Å². The summed E-state index contributed by atoms with van der Waals surface area (Å²) in [5.41, 5.74) is 2.51. The maximum absolute atomic E-state index is 11.1. The Morgan fingerprint density at radius 1 is 1.33 bits per heavy atom. The largest absolute Gasteiger partial charge is 0.495 e. The molecule has 18 heavy (non-hydrogen) atoms. The van der Waals surface area contributed by atoms with Gasteiger partial charge in [-0.05, 0) is 28.1 Å². The number of hydrogen-bond donors (Lipinski definition) is 1. The topological polar surface area (TPSA) is 42.1 Å². The summed E-state index contributed by atoms with van der Waals surface area (Å²) >= 11 is 3.50. The van der Waals surface area contributed by atoms with Gasteiger partial charge in [0.15, 0.2) is 6.29 Å². The number of nitrogens with one attached hydrogen (secondary N) is 1. The molecule has 0 saturated heterocycles. The minimum absolute atomic E-state index is 0.587. The van der Waals surface area contributed by atoms with E-state index in [1.54, 1.807) is 13.2 Å². The van der Waals surface area contributed by atoms with Crippen molar-refractivity contribution in [3.8, 4) is 5.75 Å². The SMILES string of the molecule is COc1cc(C=O)c(Br)c2c1[nH]c1ccccc12. The Balaban J connectivity index is 2.58. The normalized spacial score (nSPS) is 11.0. The van der Waals surface area contributed by atoms with E-state index in [9.17, 15) is 4.79 Å². The second-order valence-corrected chi connectivity index (χ2v) is 4.81. The van der Waals surface area contributed by atoms with E-state index < -0.39 is 0 Å². The van der Waals surface area contributed by atoms with Crippen LogP contribution >= 0.6 is 15.9 Å². The fraction of sp³-hybridized carbons (Fsp3) is 0.0714. The summed E-state index contributed by atoms with van der Waals surface area (Å²) in [6, 6.07) is 9.70. The van der Waals surface area contributed by atoms with Crippen molar-refractivity contribution in [1.82, 2.24) is 4.98 Å². The van der Waals surface area contributed by atoms with Crippen molar-refractivity contribution in [2.45, 2.75) is 0 Å². The Morgan fingerprint density at radius 2 is 2.11 bits per heavy atom. The number of hydrogen-bond acceptors (Lipinski definition) is 2. The molecule has 3 rings (SSSR count). The van der Waals surface area contributed by atoms with Gasteiger partial charge in [0.2, 0.25) is 0 Å². The zero-order valence-electron chi connectivity index (χ0n) is 9.66. The molecule has 2 aromatic carbocycles. The monoisotopic (exact) mass is 303 g/mol. The third kappa shape index (κ3) is 1.46. The molecule has 0 bridgehead atoms. The van der Waals surface area contributed by atoms with E-state index in [-0.39, 0.29) is 0 Å². The van der Waals surface area contributed by atoms with Crippen LogP contribution in [0.5, 0.6) is 5.75 Å². The second kappa shape index (κ2) is 4.14. The molecule has 0 radical (unpaired) electrons. The highest BCUT2D eigenvalue weighted by molar-refractivity contribution is 9.10. The average Bonchev–Trinajstić information content (AvgIpc) is 2.79. The number of aromatic nitrogens is 1. The Bertz CT molecular complexity index is 761. The van der Waals surface area contributed by atoms with Crippen LogP contribution in [0.1, 0.15) is 10.4 Å². The van der Waals surface area contributed by atoms with Gasteiger partial charge < -0.3 is 9.72 Å². The summed E-state index contributed by atoms with van der Waals surface area (Å²) in [5.74, 6) is 0.673. The number of aromatic amines is 1. The highest BCUT2D eigenvalue weighted by atomic mass is 79.9. The summed E-state index contributed by atoms with van der Waals surface area (Å²) < 4.78 is 6.14. The van der Waals surface area contributed by atoms with Crippen LogP contribution in [0, 0.1) is 0 Å². The third-order valence-corrected chi connectivity index (χ3v) is 3.91. The van der Waals surface area contributed by atoms with Crippen LogP contribution in [0.2, 0.25) is 0 Å². The first-order chi connectivity index (χ1) is 8.76. The molecule has 0 aliphatic carbocycles. The Morgan fingerprint density at radius 3 is 2.83 bits per heavy atom. The Labute approximate surface area is 112 Å². The lowest BCUT2D eigenvalue weighted by molar-refractivity contribution is 0.112. The Kier molecular flexibility index (Phi) is 2.59. The first kappa shape index (κ1) is 11.3. The summed E-state index contributed by atoms with van der Waals surface area (Å²) in [5, 5.41) is 2.05. The first-order valence-corrected chi connectivity index (χ1v) is 6.27. The molecule has 0 unspecified atom stereocenters. The van der Waals surface area contributed by atoms with Crippen molar-refractivity contribution in [3.05, 3.63) is 40.4 Å². The Hall–Kier alpha value is -1.81. The number of methoxy groups -OCH3 is 1. The highest BCUT2D eigenvalue weighted by Crippen LogP contribution is 2.38. The van der Waals surface area contributed by atoms with E-state index in [1.165, 1.54) is 0 Å². The van der Waals surface area contributed by atoms with E-state index in [0.29, 0.717) is 11.3 Å². The minimum Gasteiger partial charge on any atom is -0.495 e. The molecule has 0 amide bonds. The zero-order valence-corrected chi connectivity index (χ0v) is 11.2. The molecule has 0 saturated carbocycles. The van der Waals surface area contributed by atoms with Gasteiger partial charge in [0.1, 0.15) is 5.75 Å². The predicted molar refractivity (Wildman–Crippen MR) is 75.4 cm³/mol. The lowest BCUT2D eigenvalue weighted by Crippen LogP contribution is -1.90. The van der Waals surface area contributed by atoms with Crippen LogP contribution in [-0.2, 0) is 0 Å². The number of carbonyl (C=O) groups is 1. The van der Waals surface area contributed by atoms with Crippen molar-refractivity contribution in [1.29, 1.82) is 0 Å². The number of aldehydes is 1. The summed E-state index contributed by atoms with van der Waals surface area (Å²) in [6.07, 6.45) is 0.827. The first-order valence-electron chi connectivity index (χ1n) is 5.48. The van der Waals surface area contributed by atoms with Gasteiger partial charge >= 0.3 is 0 Å². The quantitative estimate of drug-likeness (QED) is 0.729. The maximum Gasteiger partial charge on any atom is 0.151 e. The average molecular weight is 304 g/mol. The second-order valence-electron chi connectivity index (χ2n) is 4.02. The standard InChI is InChI=1S/C14H10BrNO2/c1-18-11-6-8(7-17)13(15)12-9-4-2-3-5-10(9)16-14(11)12/h2-7,16H,1H3. The van der Waals surface area contributed by atoms with Crippen molar-refractivity contribution in [3.63, 3.8) is 0 Å². The molecule has 90 valence electrons. The van der Waals surface area contributed by atoms with E-state index in [0.717, 1.165) is 32.6 Å². The number of H-pyrrole nitrogens is 1. The van der Waals surface area contributed by atoms with E-state index >= 15 is 0 Å². The third-order valence-electron chi connectivity index (χ3n) is 3.06. The van der Waals surface area contributed by atoms with Gasteiger partial charge in [-0.15, -0.1) is 0 Å². The number of rotatable bonds is 2. The van der Waals surface area contributed by atoms with Crippen LogP contribution in [-0.4, -0.2) is 18.4 Å². The van der Waals surface area contributed by atoms with E-state index in [2.05, 4.69) is 20.9 Å². The molecule has 0 spiro atoms. The smallest absolute Gasteiger partial charge is 0.151 e. The lowest BCUT2D eigenvalue weighted by atomic mass is 10.1. The van der Waals surface area contributed by atoms with Crippen molar-refractivity contribution < 1.29 is 9.53 Å². The maximum atomic E-state index is 11.1. The van der Waals surface area contributed by atoms with Gasteiger partial charge in [0.05, 0.1) is 12.6 Å². The van der Waals surface area contributed by atoms with Gasteiger partial charge in [-0.1, -0.05) is 18.2 Å². The van der Waals surface area contributed by atoms with Crippen molar-refractivity contribution in [2.75, 3.05) is 7.11 Å². The molecule has 3 aromatic rings. The molecular formula is C14H10BrNO2. The molecule has 1 heterocycles. The van der Waals surface area contributed by atoms with Gasteiger partial charge in [-0.3, -0.25) is 4.79 Å². The fourth-order valence-electron chi connectivity index (χ4n) is 2.22. The molecule has 1 aromatic heterocycles. The highest BCUT2D eigenvalue weighted by Gasteiger charge is 2.15. The number of halogens is 1. The van der Waals surface area contributed by atoms with Crippen LogP contribution in [0.25, 0.3) is 21.8 Å². The molecule has 3 nitrogen and oxygen atoms in total. The molecular weight excluding hydrogens is 294 g/mol. The molecule has 0 aliphatic heterocycles. The summed E-state index contributed by atoms with van der Waals surface area (Å²) in [4.78, 5) is 14.4. The lowest BCUT2D eigenvalue weighted by Gasteiger charge is -2.05.